The van der Waals surface area contributed by atoms with Crippen molar-refractivity contribution >= 4 is 23.6 Å². The lowest BCUT2D eigenvalue weighted by Crippen LogP contribution is -2.22. The number of hydrogen-bond acceptors (Lipinski definition) is 4. The van der Waals surface area contributed by atoms with Crippen LogP contribution in [0.5, 0.6) is 11.5 Å². The zero-order chi connectivity index (χ0) is 18.9. The summed E-state index contributed by atoms with van der Waals surface area (Å²) in [6.07, 6.45) is 3.08. The molecule has 136 valence electrons. The summed E-state index contributed by atoms with van der Waals surface area (Å²) in [6, 6.07) is 12.0. The highest BCUT2D eigenvalue weighted by Crippen LogP contribution is 2.25. The summed E-state index contributed by atoms with van der Waals surface area (Å²) in [5.41, 5.74) is 1.91. The van der Waals surface area contributed by atoms with E-state index in [1.54, 1.807) is 56.7 Å². The van der Waals surface area contributed by atoms with Crippen molar-refractivity contribution in [2.75, 3.05) is 26.1 Å². The second kappa shape index (κ2) is 9.27. The molecule has 0 spiro atoms. The van der Waals surface area contributed by atoms with Crippen molar-refractivity contribution in [2.45, 2.75) is 6.92 Å². The zero-order valence-electron chi connectivity index (χ0n) is 15.0. The Labute approximate surface area is 152 Å². The van der Waals surface area contributed by atoms with Gasteiger partial charge in [-0.2, -0.15) is 0 Å². The van der Waals surface area contributed by atoms with Gasteiger partial charge in [-0.3, -0.25) is 9.59 Å². The van der Waals surface area contributed by atoms with Crippen molar-refractivity contribution in [1.29, 1.82) is 0 Å². The normalized spacial score (nSPS) is 10.4. The first-order valence-corrected chi connectivity index (χ1v) is 8.16. The largest absolute Gasteiger partial charge is 0.497 e. The number of carbonyl (C=O) groups is 2. The highest BCUT2D eigenvalue weighted by atomic mass is 16.5. The van der Waals surface area contributed by atoms with Gasteiger partial charge in [0.1, 0.15) is 11.5 Å². The average molecular weight is 354 g/mol. The third kappa shape index (κ3) is 5.11. The summed E-state index contributed by atoms with van der Waals surface area (Å²) in [5, 5.41) is 5.47. The monoisotopic (exact) mass is 354 g/mol. The van der Waals surface area contributed by atoms with Crippen molar-refractivity contribution in [3.8, 4) is 11.5 Å². The third-order valence-electron chi connectivity index (χ3n) is 3.61. The van der Waals surface area contributed by atoms with Crippen LogP contribution in [0.25, 0.3) is 6.08 Å². The van der Waals surface area contributed by atoms with Crippen LogP contribution in [-0.4, -0.2) is 32.6 Å². The molecular weight excluding hydrogens is 332 g/mol. The molecule has 6 heteroatoms. The highest BCUT2D eigenvalue weighted by Gasteiger charge is 2.05. The van der Waals surface area contributed by atoms with Crippen molar-refractivity contribution in [1.82, 2.24) is 5.32 Å². The lowest BCUT2D eigenvalue weighted by atomic mass is 10.1. The summed E-state index contributed by atoms with van der Waals surface area (Å²) in [7, 11) is 3.14. The number of nitrogens with one attached hydrogen (secondary N) is 2. The zero-order valence-corrected chi connectivity index (χ0v) is 15.0. The Hall–Kier alpha value is -3.28. The Morgan fingerprint density at radius 1 is 1.04 bits per heavy atom. The molecule has 0 aromatic heterocycles. The van der Waals surface area contributed by atoms with E-state index in [1.807, 2.05) is 13.0 Å². The van der Waals surface area contributed by atoms with E-state index in [-0.39, 0.29) is 11.8 Å². The van der Waals surface area contributed by atoms with Crippen molar-refractivity contribution in [2.24, 2.45) is 0 Å². The second-order valence-corrected chi connectivity index (χ2v) is 5.37. The highest BCUT2D eigenvalue weighted by molar-refractivity contribution is 6.02. The minimum atomic E-state index is -0.284. The van der Waals surface area contributed by atoms with Gasteiger partial charge in [-0.05, 0) is 49.4 Å². The van der Waals surface area contributed by atoms with Gasteiger partial charge in [-0.15, -0.1) is 0 Å². The molecule has 0 aliphatic carbocycles. The van der Waals surface area contributed by atoms with Gasteiger partial charge in [0.15, 0.2) is 0 Å². The fraction of sp³-hybridized carbons (Fsp3) is 0.200. The van der Waals surface area contributed by atoms with Crippen molar-refractivity contribution < 1.29 is 19.1 Å². The molecule has 0 bridgehead atoms. The number of benzene rings is 2. The molecule has 2 aromatic rings. The van der Waals surface area contributed by atoms with E-state index in [0.29, 0.717) is 29.3 Å². The van der Waals surface area contributed by atoms with E-state index in [9.17, 15) is 9.59 Å². The Balaban J connectivity index is 2.02. The summed E-state index contributed by atoms with van der Waals surface area (Å²) in [6.45, 7) is 2.42. The number of hydrogen-bond donors (Lipinski definition) is 2. The molecule has 2 N–H and O–H groups in total. The molecule has 0 saturated heterocycles. The van der Waals surface area contributed by atoms with Gasteiger partial charge in [0.2, 0.25) is 5.91 Å². The minimum absolute atomic E-state index is 0.142. The maximum atomic E-state index is 12.1. The van der Waals surface area contributed by atoms with Gasteiger partial charge >= 0.3 is 0 Å². The maximum Gasteiger partial charge on any atom is 0.251 e. The fourth-order valence-electron chi connectivity index (χ4n) is 2.27. The van der Waals surface area contributed by atoms with E-state index < -0.39 is 0 Å². The molecule has 2 rings (SSSR count). The number of rotatable bonds is 7. The molecule has 0 atom stereocenters. The van der Waals surface area contributed by atoms with Crippen LogP contribution in [0.4, 0.5) is 5.69 Å². The first kappa shape index (κ1) is 19.1. The number of ether oxygens (including phenoxy) is 2. The molecule has 0 saturated carbocycles. The van der Waals surface area contributed by atoms with Crippen LogP contribution in [-0.2, 0) is 4.79 Å². The second-order valence-electron chi connectivity index (χ2n) is 5.37. The van der Waals surface area contributed by atoms with Gasteiger partial charge in [-0.25, -0.2) is 0 Å². The Morgan fingerprint density at radius 2 is 1.77 bits per heavy atom. The van der Waals surface area contributed by atoms with Crippen LogP contribution in [0.3, 0.4) is 0 Å². The lowest BCUT2D eigenvalue weighted by Gasteiger charge is -2.07. The predicted octanol–water partition coefficient (Wildman–Crippen LogP) is 3.11. The average Bonchev–Trinajstić information content (AvgIpc) is 2.67. The predicted molar refractivity (Wildman–Crippen MR) is 102 cm³/mol. The third-order valence-corrected chi connectivity index (χ3v) is 3.61. The van der Waals surface area contributed by atoms with Gasteiger partial charge in [0.25, 0.3) is 5.91 Å². The number of carbonyl (C=O) groups excluding carboxylic acids is 2. The quantitative estimate of drug-likeness (QED) is 0.749. The summed E-state index contributed by atoms with van der Waals surface area (Å²) < 4.78 is 10.4. The fourth-order valence-corrected chi connectivity index (χ4v) is 2.27. The maximum absolute atomic E-state index is 12.1. The molecule has 2 aromatic carbocycles. The van der Waals surface area contributed by atoms with Crippen LogP contribution in [0.2, 0.25) is 0 Å². The Bertz CT molecular complexity index is 798. The van der Waals surface area contributed by atoms with E-state index >= 15 is 0 Å². The van der Waals surface area contributed by atoms with Gasteiger partial charge in [0.05, 0.1) is 14.2 Å². The molecule has 0 aliphatic heterocycles. The van der Waals surface area contributed by atoms with Crippen molar-refractivity contribution in [3.05, 3.63) is 59.7 Å². The first-order valence-electron chi connectivity index (χ1n) is 8.16. The number of amides is 2. The molecular formula is C20H22N2O4. The molecule has 0 fully saturated rings. The molecule has 6 nitrogen and oxygen atoms in total. The van der Waals surface area contributed by atoms with Crippen LogP contribution in [0, 0.1) is 0 Å². The molecule has 0 unspecified atom stereocenters. The summed E-state index contributed by atoms with van der Waals surface area (Å²) in [4.78, 5) is 23.8. The number of methoxy groups -OCH3 is 2. The van der Waals surface area contributed by atoms with E-state index in [0.717, 1.165) is 5.56 Å². The van der Waals surface area contributed by atoms with E-state index in [4.69, 9.17) is 9.47 Å². The standard InChI is InChI=1S/C20H22N2O4/c1-4-21-20(24)15-5-9-16(10-6-15)22-19(23)12-8-14-7-11-17(25-2)13-18(14)26-3/h5-13H,4H2,1-3H3,(H,21,24)(H,22,23). The smallest absolute Gasteiger partial charge is 0.251 e. The van der Waals surface area contributed by atoms with Crippen LogP contribution >= 0.6 is 0 Å². The number of anilines is 1. The molecule has 2 amide bonds. The molecule has 0 radical (unpaired) electrons. The topological polar surface area (TPSA) is 76.7 Å². The van der Waals surface area contributed by atoms with Gasteiger partial charge in [-0.1, -0.05) is 0 Å². The Kier molecular flexibility index (Phi) is 6.79. The van der Waals surface area contributed by atoms with Crippen LogP contribution in [0.1, 0.15) is 22.8 Å². The van der Waals surface area contributed by atoms with E-state index in [2.05, 4.69) is 10.6 Å². The van der Waals surface area contributed by atoms with Crippen LogP contribution < -0.4 is 20.1 Å². The van der Waals surface area contributed by atoms with E-state index in [1.165, 1.54) is 6.08 Å². The van der Waals surface area contributed by atoms with Gasteiger partial charge in [0, 0.05) is 35.5 Å². The molecule has 26 heavy (non-hydrogen) atoms. The SMILES string of the molecule is CCNC(=O)c1ccc(NC(=O)C=Cc2ccc(OC)cc2OC)cc1. The minimum Gasteiger partial charge on any atom is -0.497 e. The summed E-state index contributed by atoms with van der Waals surface area (Å²) in [5.74, 6) is 0.862. The van der Waals surface area contributed by atoms with Crippen LogP contribution in [0.15, 0.2) is 48.5 Å². The molecule has 0 aliphatic rings. The lowest BCUT2D eigenvalue weighted by molar-refractivity contribution is -0.111. The molecule has 0 heterocycles. The van der Waals surface area contributed by atoms with Crippen molar-refractivity contribution in [3.63, 3.8) is 0 Å². The Morgan fingerprint density at radius 3 is 2.38 bits per heavy atom. The van der Waals surface area contributed by atoms with Gasteiger partial charge < -0.3 is 20.1 Å². The summed E-state index contributed by atoms with van der Waals surface area (Å²) >= 11 is 0. The first-order chi connectivity index (χ1) is 12.6.